The summed E-state index contributed by atoms with van der Waals surface area (Å²) >= 11 is 0. The van der Waals surface area contributed by atoms with E-state index in [1.54, 1.807) is 6.92 Å². The van der Waals surface area contributed by atoms with Gasteiger partial charge in [-0.15, -0.1) is 0 Å². The van der Waals surface area contributed by atoms with E-state index in [9.17, 15) is 54.1 Å². The third kappa shape index (κ3) is 20.5. The summed E-state index contributed by atoms with van der Waals surface area (Å²) < 4.78 is 158. The molecule has 0 fully saturated rings. The summed E-state index contributed by atoms with van der Waals surface area (Å²) in [6.45, 7) is -6.59. The Kier molecular flexibility index (Phi) is 16.6. The van der Waals surface area contributed by atoms with Crippen molar-refractivity contribution in [2.75, 3.05) is 59.5 Å². The largest absolute Gasteiger partial charge is 0.394 e. The second-order valence-corrected chi connectivity index (χ2v) is 8.65. The molecular weight excluding hydrogens is 570 g/mol. The van der Waals surface area contributed by atoms with Gasteiger partial charge in [0.2, 0.25) is 0 Å². The van der Waals surface area contributed by atoms with E-state index in [2.05, 4.69) is 18.9 Å². The van der Waals surface area contributed by atoms with Crippen LogP contribution in [0.25, 0.3) is 0 Å². The molecule has 0 radical (unpaired) electrons. The quantitative estimate of drug-likeness (QED) is 0.114. The standard InChI is InChI=1S/C21H34F10O8/c1-2-15(33)7-35-5-3-17(22,23)12-38-14-19(26,27)11-21(30,31)39-20(28,29)10-18(24,25)13-37-9-16(34)8-36-6-4-32/h15-16,32-34H,2-14H2,1H3. The number of hydrogen-bond acceptors (Lipinski definition) is 8. The van der Waals surface area contributed by atoms with Gasteiger partial charge >= 0.3 is 12.2 Å². The number of rotatable bonds is 24. The van der Waals surface area contributed by atoms with E-state index in [0.717, 1.165) is 0 Å². The van der Waals surface area contributed by atoms with E-state index < -0.39 is 108 Å². The number of aliphatic hydroxyl groups is 3. The molecule has 0 aliphatic heterocycles. The fourth-order valence-corrected chi connectivity index (χ4v) is 2.65. The highest BCUT2D eigenvalue weighted by atomic mass is 19.3. The number of hydrogen-bond donors (Lipinski definition) is 3. The maximum absolute atomic E-state index is 13.8. The van der Waals surface area contributed by atoms with Gasteiger partial charge in [-0.05, 0) is 6.42 Å². The molecule has 0 saturated carbocycles. The Morgan fingerprint density at radius 1 is 0.590 bits per heavy atom. The van der Waals surface area contributed by atoms with Crippen molar-refractivity contribution in [3.05, 3.63) is 0 Å². The predicted molar refractivity (Wildman–Crippen MR) is 112 cm³/mol. The van der Waals surface area contributed by atoms with Gasteiger partial charge < -0.3 is 34.3 Å². The Balaban J connectivity index is 4.62. The smallest absolute Gasteiger partial charge is 0.366 e. The first-order valence-corrected chi connectivity index (χ1v) is 11.6. The monoisotopic (exact) mass is 604 g/mol. The minimum absolute atomic E-state index is 0.191. The van der Waals surface area contributed by atoms with Gasteiger partial charge in [0, 0.05) is 6.42 Å². The molecule has 0 rings (SSSR count). The van der Waals surface area contributed by atoms with Crippen molar-refractivity contribution in [3.63, 3.8) is 0 Å². The van der Waals surface area contributed by atoms with Crippen LogP contribution < -0.4 is 0 Å². The number of ether oxygens (including phenoxy) is 5. The lowest BCUT2D eigenvalue weighted by atomic mass is 10.2. The van der Waals surface area contributed by atoms with Gasteiger partial charge in [0.05, 0.1) is 45.7 Å². The molecule has 0 saturated heterocycles. The van der Waals surface area contributed by atoms with Crippen LogP contribution in [-0.4, -0.2) is 117 Å². The average molecular weight is 604 g/mol. The Bertz CT molecular complexity index is 658. The summed E-state index contributed by atoms with van der Waals surface area (Å²) in [6.07, 6.45) is -19.3. The van der Waals surface area contributed by atoms with Crippen molar-refractivity contribution in [3.8, 4) is 0 Å². The normalized spacial score (nSPS) is 15.5. The van der Waals surface area contributed by atoms with Crippen LogP contribution in [0.15, 0.2) is 0 Å². The number of halogens is 10. The number of aliphatic hydroxyl groups excluding tert-OH is 3. The molecule has 39 heavy (non-hydrogen) atoms. The van der Waals surface area contributed by atoms with E-state index in [4.69, 9.17) is 9.84 Å². The zero-order valence-electron chi connectivity index (χ0n) is 21.0. The molecule has 0 aromatic rings. The minimum atomic E-state index is -5.37. The third-order valence-corrected chi connectivity index (χ3v) is 4.42. The maximum Gasteiger partial charge on any atom is 0.366 e. The molecule has 0 bridgehead atoms. The maximum atomic E-state index is 13.8. The van der Waals surface area contributed by atoms with E-state index in [0.29, 0.717) is 6.42 Å². The van der Waals surface area contributed by atoms with Gasteiger partial charge in [-0.2, -0.15) is 17.6 Å². The molecule has 0 aliphatic rings. The zero-order valence-corrected chi connectivity index (χ0v) is 21.0. The fraction of sp³-hybridized carbons (Fsp3) is 1.00. The molecule has 2 atom stereocenters. The first kappa shape index (κ1) is 38.0. The lowest BCUT2D eigenvalue weighted by Crippen LogP contribution is -2.43. The first-order chi connectivity index (χ1) is 17.7. The van der Waals surface area contributed by atoms with Gasteiger partial charge in [-0.3, -0.25) is 4.74 Å². The van der Waals surface area contributed by atoms with Crippen molar-refractivity contribution < 1.29 is 82.9 Å². The highest BCUT2D eigenvalue weighted by Gasteiger charge is 2.54. The predicted octanol–water partition coefficient (Wildman–Crippen LogP) is 3.46. The Morgan fingerprint density at radius 2 is 1.03 bits per heavy atom. The van der Waals surface area contributed by atoms with Gasteiger partial charge in [0.1, 0.15) is 38.8 Å². The molecule has 0 aliphatic carbocycles. The van der Waals surface area contributed by atoms with E-state index in [1.165, 1.54) is 0 Å². The molecule has 0 aromatic heterocycles. The van der Waals surface area contributed by atoms with Crippen LogP contribution in [0.1, 0.15) is 32.6 Å². The van der Waals surface area contributed by atoms with Gasteiger partial charge in [0.25, 0.3) is 17.8 Å². The second kappa shape index (κ2) is 17.1. The van der Waals surface area contributed by atoms with E-state index in [1.807, 2.05) is 0 Å². The van der Waals surface area contributed by atoms with Gasteiger partial charge in [-0.25, -0.2) is 26.3 Å². The SMILES string of the molecule is CCC(O)COCCC(F)(F)COCC(F)(F)CC(F)(F)OC(F)(F)CC(F)(F)COCC(O)COCCO. The highest BCUT2D eigenvalue weighted by molar-refractivity contribution is 4.77. The van der Waals surface area contributed by atoms with E-state index >= 15 is 0 Å². The summed E-state index contributed by atoms with van der Waals surface area (Å²) in [5, 5.41) is 27.1. The molecule has 2 unspecified atom stereocenters. The van der Waals surface area contributed by atoms with Crippen LogP contribution in [0.3, 0.4) is 0 Å². The summed E-state index contributed by atoms with van der Waals surface area (Å²) in [6, 6.07) is 0. The molecule has 0 spiro atoms. The molecular formula is C21H34F10O8. The molecule has 0 heterocycles. The second-order valence-electron chi connectivity index (χ2n) is 8.65. The third-order valence-electron chi connectivity index (χ3n) is 4.42. The van der Waals surface area contributed by atoms with Crippen LogP contribution in [0.2, 0.25) is 0 Å². The first-order valence-electron chi connectivity index (χ1n) is 11.6. The van der Waals surface area contributed by atoms with Crippen LogP contribution in [-0.2, 0) is 23.7 Å². The van der Waals surface area contributed by atoms with Crippen LogP contribution >= 0.6 is 0 Å². The summed E-state index contributed by atoms with van der Waals surface area (Å²) in [5.74, 6) is -12.9. The van der Waals surface area contributed by atoms with Crippen molar-refractivity contribution in [2.24, 2.45) is 0 Å². The molecule has 8 nitrogen and oxygen atoms in total. The molecule has 18 heteroatoms. The van der Waals surface area contributed by atoms with Crippen molar-refractivity contribution >= 4 is 0 Å². The zero-order chi connectivity index (χ0) is 30.4. The lowest BCUT2D eigenvalue weighted by molar-refractivity contribution is -0.398. The molecule has 3 N–H and O–H groups in total. The van der Waals surface area contributed by atoms with E-state index in [-0.39, 0.29) is 13.2 Å². The van der Waals surface area contributed by atoms with Crippen molar-refractivity contribution in [1.29, 1.82) is 0 Å². The summed E-state index contributed by atoms with van der Waals surface area (Å²) in [5.41, 5.74) is 0. The Morgan fingerprint density at radius 3 is 1.54 bits per heavy atom. The summed E-state index contributed by atoms with van der Waals surface area (Å²) in [7, 11) is 0. The minimum Gasteiger partial charge on any atom is -0.394 e. The lowest BCUT2D eigenvalue weighted by Gasteiger charge is -2.29. The van der Waals surface area contributed by atoms with Gasteiger partial charge in [-0.1, -0.05) is 6.92 Å². The average Bonchev–Trinajstić information content (AvgIpc) is 2.73. The number of alkyl halides is 10. The molecule has 236 valence electrons. The van der Waals surface area contributed by atoms with Gasteiger partial charge in [0.15, 0.2) is 0 Å². The molecule has 0 amide bonds. The van der Waals surface area contributed by atoms with Crippen LogP contribution in [0, 0.1) is 0 Å². The van der Waals surface area contributed by atoms with Crippen molar-refractivity contribution in [1.82, 2.24) is 0 Å². The fourth-order valence-electron chi connectivity index (χ4n) is 2.65. The topological polar surface area (TPSA) is 107 Å². The van der Waals surface area contributed by atoms with Crippen LogP contribution in [0.5, 0.6) is 0 Å². The Labute approximate surface area is 218 Å². The van der Waals surface area contributed by atoms with Crippen LogP contribution in [0.4, 0.5) is 43.9 Å². The summed E-state index contributed by atoms with van der Waals surface area (Å²) in [4.78, 5) is 0. The van der Waals surface area contributed by atoms with Crippen molar-refractivity contribution in [2.45, 2.75) is 74.8 Å². The molecule has 0 aromatic carbocycles. The highest BCUT2D eigenvalue weighted by Crippen LogP contribution is 2.40. The Hall–Kier alpha value is -1.02.